The molecule has 0 aliphatic heterocycles. The molecule has 1 aliphatic carbocycles. The van der Waals surface area contributed by atoms with Crippen molar-refractivity contribution in [1.82, 2.24) is 0 Å². The van der Waals surface area contributed by atoms with Gasteiger partial charge in [0.15, 0.2) is 0 Å². The van der Waals surface area contributed by atoms with E-state index in [0.717, 1.165) is 40.2 Å². The van der Waals surface area contributed by atoms with Crippen molar-refractivity contribution in [3.8, 4) is 11.8 Å². The van der Waals surface area contributed by atoms with Crippen molar-refractivity contribution in [1.29, 1.82) is 0 Å². The highest BCUT2D eigenvalue weighted by Gasteiger charge is 2.20. The number of allylic oxidation sites excluding steroid dienone is 1. The molecule has 0 aromatic heterocycles. The van der Waals surface area contributed by atoms with Crippen LogP contribution in [0.1, 0.15) is 61.6 Å². The van der Waals surface area contributed by atoms with Crippen molar-refractivity contribution < 1.29 is 4.39 Å². The van der Waals surface area contributed by atoms with E-state index in [-0.39, 0.29) is 5.82 Å². The molecule has 0 saturated heterocycles. The molecule has 4 rings (SSSR count). The fraction of sp³-hybridized carbons (Fsp3) is 0.333. The van der Waals surface area contributed by atoms with Gasteiger partial charge in [0.25, 0.3) is 0 Å². The number of fused-ring (bicyclic) bond motifs is 1. The molecule has 0 atom stereocenters. The van der Waals surface area contributed by atoms with E-state index in [1.165, 1.54) is 56.6 Å². The SMILES string of the molecule is C=CCCC1CCC(CCc2ccc(C#Cc3ccc4cc(F)ccc4c3)cc2)CC1. The lowest BCUT2D eigenvalue weighted by atomic mass is 9.78. The second-order valence-electron chi connectivity index (χ2n) is 8.94. The van der Waals surface area contributed by atoms with Gasteiger partial charge in [-0.25, -0.2) is 4.39 Å². The standard InChI is InChI=1S/C30H31F/c1-2-3-4-23-5-7-24(8-6-23)9-10-25-11-13-26(14-12-25)15-16-27-17-18-29-22-30(31)20-19-28(29)21-27/h2,11-14,17-24H,1,3-10H2. The third-order valence-corrected chi connectivity index (χ3v) is 6.69. The molecule has 3 aromatic rings. The second kappa shape index (κ2) is 10.5. The highest BCUT2D eigenvalue weighted by atomic mass is 19.1. The Morgan fingerprint density at radius 2 is 1.39 bits per heavy atom. The lowest BCUT2D eigenvalue weighted by Gasteiger charge is -2.28. The first-order chi connectivity index (χ1) is 15.2. The van der Waals surface area contributed by atoms with Gasteiger partial charge in [0, 0.05) is 11.1 Å². The van der Waals surface area contributed by atoms with Gasteiger partial charge in [-0.2, -0.15) is 0 Å². The van der Waals surface area contributed by atoms with Gasteiger partial charge >= 0.3 is 0 Å². The normalized spacial score (nSPS) is 18.4. The van der Waals surface area contributed by atoms with E-state index in [4.69, 9.17) is 0 Å². The maximum atomic E-state index is 13.3. The summed E-state index contributed by atoms with van der Waals surface area (Å²) in [4.78, 5) is 0. The molecule has 0 amide bonds. The van der Waals surface area contributed by atoms with E-state index in [0.29, 0.717) is 0 Å². The van der Waals surface area contributed by atoms with Gasteiger partial charge in [0.2, 0.25) is 0 Å². The summed E-state index contributed by atoms with van der Waals surface area (Å²) in [5, 5.41) is 1.92. The molecule has 0 spiro atoms. The van der Waals surface area contributed by atoms with Gasteiger partial charge in [-0.05, 0) is 90.3 Å². The average molecular weight is 411 g/mol. The van der Waals surface area contributed by atoms with Crippen LogP contribution in [0, 0.1) is 29.5 Å². The Kier molecular flexibility index (Phi) is 7.21. The Bertz CT molecular complexity index is 1070. The average Bonchev–Trinajstić information content (AvgIpc) is 2.81. The number of hydrogen-bond donors (Lipinski definition) is 0. The molecule has 0 nitrogen and oxygen atoms in total. The summed E-state index contributed by atoms with van der Waals surface area (Å²) in [6.07, 6.45) is 12.6. The molecule has 1 fully saturated rings. The Balaban J connectivity index is 1.29. The molecular formula is C30H31F. The van der Waals surface area contributed by atoms with Crippen molar-refractivity contribution in [3.05, 3.63) is 95.8 Å². The van der Waals surface area contributed by atoms with Crippen LogP contribution in [0.4, 0.5) is 4.39 Å². The summed E-state index contributed by atoms with van der Waals surface area (Å²) in [6.45, 7) is 3.85. The van der Waals surface area contributed by atoms with E-state index in [2.05, 4.69) is 48.8 Å². The Labute approximate surface area is 186 Å². The van der Waals surface area contributed by atoms with Gasteiger partial charge in [-0.15, -0.1) is 6.58 Å². The molecule has 31 heavy (non-hydrogen) atoms. The van der Waals surface area contributed by atoms with Gasteiger partial charge < -0.3 is 0 Å². The van der Waals surface area contributed by atoms with Gasteiger partial charge in [-0.3, -0.25) is 0 Å². The highest BCUT2D eigenvalue weighted by molar-refractivity contribution is 5.83. The maximum Gasteiger partial charge on any atom is 0.123 e. The first-order valence-electron chi connectivity index (χ1n) is 11.6. The van der Waals surface area contributed by atoms with Gasteiger partial charge in [-0.1, -0.05) is 67.9 Å². The third-order valence-electron chi connectivity index (χ3n) is 6.69. The Morgan fingerprint density at radius 3 is 2.13 bits per heavy atom. The minimum Gasteiger partial charge on any atom is -0.207 e. The zero-order chi connectivity index (χ0) is 21.5. The molecule has 158 valence electrons. The van der Waals surface area contributed by atoms with E-state index < -0.39 is 0 Å². The number of rotatable bonds is 6. The predicted molar refractivity (Wildman–Crippen MR) is 130 cm³/mol. The molecule has 0 heterocycles. The Morgan fingerprint density at radius 1 is 0.774 bits per heavy atom. The maximum absolute atomic E-state index is 13.3. The summed E-state index contributed by atoms with van der Waals surface area (Å²) >= 11 is 0. The van der Waals surface area contributed by atoms with Gasteiger partial charge in [0.1, 0.15) is 5.82 Å². The molecule has 0 N–H and O–H groups in total. The fourth-order valence-electron chi connectivity index (χ4n) is 4.73. The number of hydrogen-bond acceptors (Lipinski definition) is 0. The molecule has 1 saturated carbocycles. The fourth-order valence-corrected chi connectivity index (χ4v) is 4.73. The van der Waals surface area contributed by atoms with Crippen molar-refractivity contribution in [3.63, 3.8) is 0 Å². The first-order valence-corrected chi connectivity index (χ1v) is 11.6. The monoisotopic (exact) mass is 410 g/mol. The number of aryl methyl sites for hydroxylation is 1. The quantitative estimate of drug-likeness (QED) is 0.284. The van der Waals surface area contributed by atoms with E-state index in [9.17, 15) is 4.39 Å². The highest BCUT2D eigenvalue weighted by Crippen LogP contribution is 2.34. The van der Waals surface area contributed by atoms with Crippen molar-refractivity contribution in [2.75, 3.05) is 0 Å². The topological polar surface area (TPSA) is 0 Å². The molecule has 3 aromatic carbocycles. The summed E-state index contributed by atoms with van der Waals surface area (Å²) in [7, 11) is 0. The smallest absolute Gasteiger partial charge is 0.123 e. The predicted octanol–water partition coefficient (Wildman–Crippen LogP) is 8.08. The minimum absolute atomic E-state index is 0.206. The summed E-state index contributed by atoms with van der Waals surface area (Å²) in [5.41, 5.74) is 3.39. The van der Waals surface area contributed by atoms with Crippen LogP contribution in [-0.4, -0.2) is 0 Å². The van der Waals surface area contributed by atoms with Gasteiger partial charge in [0.05, 0.1) is 0 Å². The molecule has 0 unspecified atom stereocenters. The van der Waals surface area contributed by atoms with Crippen LogP contribution in [0.3, 0.4) is 0 Å². The zero-order valence-electron chi connectivity index (χ0n) is 18.2. The zero-order valence-corrected chi connectivity index (χ0v) is 18.2. The third kappa shape index (κ3) is 6.08. The van der Waals surface area contributed by atoms with Crippen LogP contribution >= 0.6 is 0 Å². The van der Waals surface area contributed by atoms with Crippen LogP contribution in [0.2, 0.25) is 0 Å². The molecule has 0 radical (unpaired) electrons. The van der Waals surface area contributed by atoms with Crippen molar-refractivity contribution in [2.24, 2.45) is 11.8 Å². The lowest BCUT2D eigenvalue weighted by molar-refractivity contribution is 0.254. The van der Waals surface area contributed by atoms with Crippen LogP contribution in [-0.2, 0) is 6.42 Å². The van der Waals surface area contributed by atoms with Crippen LogP contribution in [0.25, 0.3) is 10.8 Å². The molecule has 0 bridgehead atoms. The summed E-state index contributed by atoms with van der Waals surface area (Å²) < 4.78 is 13.3. The van der Waals surface area contributed by atoms with Crippen molar-refractivity contribution in [2.45, 2.75) is 51.4 Å². The van der Waals surface area contributed by atoms with Crippen LogP contribution in [0.15, 0.2) is 73.3 Å². The molecule has 1 heteroatoms. The van der Waals surface area contributed by atoms with E-state index in [1.54, 1.807) is 12.1 Å². The molecule has 1 aliphatic rings. The number of benzene rings is 3. The second-order valence-corrected chi connectivity index (χ2v) is 8.94. The van der Waals surface area contributed by atoms with E-state index in [1.807, 2.05) is 18.2 Å². The Hall–Kier alpha value is -2.85. The largest absolute Gasteiger partial charge is 0.207 e. The van der Waals surface area contributed by atoms with E-state index >= 15 is 0 Å². The van der Waals surface area contributed by atoms with Crippen molar-refractivity contribution >= 4 is 10.8 Å². The lowest BCUT2D eigenvalue weighted by Crippen LogP contribution is -2.15. The summed E-state index contributed by atoms with van der Waals surface area (Å²) in [6, 6.07) is 19.5. The minimum atomic E-state index is -0.206. The van der Waals surface area contributed by atoms with Crippen LogP contribution < -0.4 is 0 Å². The number of halogens is 1. The molecular weight excluding hydrogens is 379 g/mol. The summed E-state index contributed by atoms with van der Waals surface area (Å²) in [5.74, 6) is 8.11. The van der Waals surface area contributed by atoms with Crippen LogP contribution in [0.5, 0.6) is 0 Å². The first kappa shape index (κ1) is 21.4.